The number of nitrogens with zero attached hydrogens (tertiary/aromatic N) is 1. The molecule has 0 spiro atoms. The summed E-state index contributed by atoms with van der Waals surface area (Å²) in [5.74, 6) is -1.02. The maximum atomic E-state index is 11.9. The van der Waals surface area contributed by atoms with E-state index in [1.54, 1.807) is 16.3 Å². The Labute approximate surface area is 103 Å². The van der Waals surface area contributed by atoms with Gasteiger partial charge in [0.05, 0.1) is 18.7 Å². The molecule has 92 valence electrons. The highest BCUT2D eigenvalue weighted by Crippen LogP contribution is 2.26. The lowest BCUT2D eigenvalue weighted by Crippen LogP contribution is -2.63. The summed E-state index contributed by atoms with van der Waals surface area (Å²) in [5.41, 5.74) is 0.152. The molecule has 6 heteroatoms. The predicted octanol–water partition coefficient (Wildman–Crippen LogP) is 1.06. The molecule has 0 radical (unpaired) electrons. The van der Waals surface area contributed by atoms with Gasteiger partial charge in [-0.2, -0.15) is 11.3 Å². The lowest BCUT2D eigenvalue weighted by Gasteiger charge is -2.47. The Morgan fingerprint density at radius 3 is 2.82 bits per heavy atom. The van der Waals surface area contributed by atoms with Crippen molar-refractivity contribution < 1.29 is 19.4 Å². The van der Waals surface area contributed by atoms with Crippen LogP contribution in [0.1, 0.15) is 17.3 Å². The summed E-state index contributed by atoms with van der Waals surface area (Å²) in [5, 5.41) is 12.2. The number of hydrogen-bond donors (Lipinski definition) is 1. The van der Waals surface area contributed by atoms with E-state index in [0.29, 0.717) is 18.7 Å². The summed E-state index contributed by atoms with van der Waals surface area (Å²) in [7, 11) is 0. The molecule has 0 aliphatic carbocycles. The van der Waals surface area contributed by atoms with Crippen molar-refractivity contribution >= 4 is 23.2 Å². The van der Waals surface area contributed by atoms with Gasteiger partial charge < -0.3 is 14.7 Å². The quantitative estimate of drug-likeness (QED) is 0.873. The van der Waals surface area contributed by atoms with E-state index >= 15 is 0 Å². The first-order valence-corrected chi connectivity index (χ1v) is 6.12. The summed E-state index contributed by atoms with van der Waals surface area (Å²) in [6, 6.07) is 1.78. The first kappa shape index (κ1) is 12.1. The highest BCUT2D eigenvalue weighted by molar-refractivity contribution is 7.08. The summed E-state index contributed by atoms with van der Waals surface area (Å²) in [6.07, 6.45) is 0. The van der Waals surface area contributed by atoms with Crippen LogP contribution in [0.4, 0.5) is 0 Å². The van der Waals surface area contributed by atoms with E-state index in [0.717, 1.165) is 0 Å². The Morgan fingerprint density at radius 1 is 1.59 bits per heavy atom. The van der Waals surface area contributed by atoms with Crippen LogP contribution in [0.25, 0.3) is 0 Å². The topological polar surface area (TPSA) is 66.8 Å². The second-order valence-corrected chi connectivity index (χ2v) is 5.09. The third kappa shape index (κ3) is 2.65. The summed E-state index contributed by atoms with van der Waals surface area (Å²) in [6.45, 7) is 2.37. The van der Waals surface area contributed by atoms with E-state index in [2.05, 4.69) is 0 Å². The summed E-state index contributed by atoms with van der Waals surface area (Å²) in [4.78, 5) is 23.9. The number of rotatable bonds is 4. The fourth-order valence-corrected chi connectivity index (χ4v) is 2.43. The molecular formula is C11H13NO4S. The lowest BCUT2D eigenvalue weighted by atomic mass is 9.95. The van der Waals surface area contributed by atoms with Gasteiger partial charge in [0, 0.05) is 5.38 Å². The molecule has 1 saturated heterocycles. The lowest BCUT2D eigenvalue weighted by molar-refractivity contribution is -0.159. The van der Waals surface area contributed by atoms with Crippen LogP contribution in [0, 0.1) is 0 Å². The van der Waals surface area contributed by atoms with Crippen molar-refractivity contribution in [2.24, 2.45) is 0 Å². The third-order valence-electron chi connectivity index (χ3n) is 2.65. The molecule has 1 fully saturated rings. The average Bonchev–Trinajstić information content (AvgIpc) is 2.74. The number of amides is 1. The Kier molecular flexibility index (Phi) is 3.17. The van der Waals surface area contributed by atoms with E-state index in [9.17, 15) is 9.59 Å². The van der Waals surface area contributed by atoms with Gasteiger partial charge in [-0.1, -0.05) is 0 Å². The van der Waals surface area contributed by atoms with Gasteiger partial charge in [0.25, 0.3) is 5.91 Å². The molecule has 5 nitrogen and oxygen atoms in total. The van der Waals surface area contributed by atoms with Crippen LogP contribution in [-0.4, -0.2) is 47.2 Å². The number of carbonyl (C=O) groups is 2. The molecule has 1 N–H and O–H groups in total. The fourth-order valence-electron chi connectivity index (χ4n) is 1.80. The molecule has 1 aliphatic heterocycles. The minimum absolute atomic E-state index is 0.0253. The van der Waals surface area contributed by atoms with E-state index in [-0.39, 0.29) is 12.5 Å². The van der Waals surface area contributed by atoms with E-state index < -0.39 is 11.6 Å². The number of thiophene rings is 1. The van der Waals surface area contributed by atoms with Crippen LogP contribution >= 0.6 is 11.3 Å². The van der Waals surface area contributed by atoms with Crippen molar-refractivity contribution in [2.75, 3.05) is 19.7 Å². The van der Waals surface area contributed by atoms with E-state index in [1.165, 1.54) is 11.3 Å². The molecule has 0 aromatic carbocycles. The first-order chi connectivity index (χ1) is 8.00. The van der Waals surface area contributed by atoms with Gasteiger partial charge in [-0.25, -0.2) is 4.79 Å². The van der Waals surface area contributed by atoms with Crippen LogP contribution in [-0.2, 0) is 9.53 Å². The van der Waals surface area contributed by atoms with E-state index in [4.69, 9.17) is 9.84 Å². The smallest absolute Gasteiger partial charge is 0.329 e. The normalized spacial score (nSPS) is 17.6. The number of hydrogen-bond acceptors (Lipinski definition) is 4. The zero-order valence-corrected chi connectivity index (χ0v) is 10.2. The molecule has 17 heavy (non-hydrogen) atoms. The molecule has 0 bridgehead atoms. The Balaban J connectivity index is 1.86. The van der Waals surface area contributed by atoms with Crippen molar-refractivity contribution in [1.82, 2.24) is 4.90 Å². The maximum absolute atomic E-state index is 11.9. The SMILES string of the molecule is CC1(OCC(=O)O)CN(C(=O)c2ccsc2)C1. The molecule has 0 atom stereocenters. The van der Waals surface area contributed by atoms with Crippen molar-refractivity contribution in [2.45, 2.75) is 12.5 Å². The summed E-state index contributed by atoms with van der Waals surface area (Å²) >= 11 is 1.48. The van der Waals surface area contributed by atoms with Gasteiger partial charge in [0.2, 0.25) is 0 Å². The van der Waals surface area contributed by atoms with Gasteiger partial charge in [-0.3, -0.25) is 4.79 Å². The van der Waals surface area contributed by atoms with Crippen LogP contribution in [0.5, 0.6) is 0 Å². The number of ether oxygens (including phenoxy) is 1. The van der Waals surface area contributed by atoms with Crippen LogP contribution < -0.4 is 0 Å². The molecule has 1 aliphatic rings. The number of aliphatic carboxylic acids is 1. The van der Waals surface area contributed by atoms with Crippen LogP contribution in [0.2, 0.25) is 0 Å². The zero-order valence-electron chi connectivity index (χ0n) is 9.38. The Hall–Kier alpha value is -1.40. The largest absolute Gasteiger partial charge is 0.480 e. The first-order valence-electron chi connectivity index (χ1n) is 5.17. The molecule has 1 aromatic heterocycles. The maximum Gasteiger partial charge on any atom is 0.329 e. The van der Waals surface area contributed by atoms with Gasteiger partial charge in [0.1, 0.15) is 12.2 Å². The minimum Gasteiger partial charge on any atom is -0.480 e. The molecular weight excluding hydrogens is 242 g/mol. The molecule has 1 amide bonds. The van der Waals surface area contributed by atoms with Gasteiger partial charge in [-0.15, -0.1) is 0 Å². The monoisotopic (exact) mass is 255 g/mol. The number of carbonyl (C=O) groups excluding carboxylic acids is 1. The second-order valence-electron chi connectivity index (χ2n) is 4.31. The van der Waals surface area contributed by atoms with Gasteiger partial charge in [-0.05, 0) is 18.4 Å². The highest BCUT2D eigenvalue weighted by Gasteiger charge is 2.42. The van der Waals surface area contributed by atoms with Crippen molar-refractivity contribution in [3.05, 3.63) is 22.4 Å². The predicted molar refractivity (Wildman–Crippen MR) is 62.2 cm³/mol. The van der Waals surface area contributed by atoms with Crippen molar-refractivity contribution in [1.29, 1.82) is 0 Å². The van der Waals surface area contributed by atoms with E-state index in [1.807, 2.05) is 12.3 Å². The number of carboxylic acids is 1. The standard InChI is InChI=1S/C11H13NO4S/c1-11(16-4-9(13)14)6-12(7-11)10(15)8-2-3-17-5-8/h2-3,5H,4,6-7H2,1H3,(H,13,14). The Bertz CT molecular complexity index is 423. The van der Waals surface area contributed by atoms with Gasteiger partial charge >= 0.3 is 5.97 Å². The van der Waals surface area contributed by atoms with Gasteiger partial charge in [0.15, 0.2) is 0 Å². The molecule has 0 saturated carbocycles. The Morgan fingerprint density at radius 2 is 2.29 bits per heavy atom. The number of likely N-dealkylation sites (tertiary alicyclic amines) is 1. The van der Waals surface area contributed by atoms with Crippen LogP contribution in [0.3, 0.4) is 0 Å². The summed E-state index contributed by atoms with van der Waals surface area (Å²) < 4.78 is 5.23. The minimum atomic E-state index is -0.992. The molecule has 0 unspecified atom stereocenters. The fraction of sp³-hybridized carbons (Fsp3) is 0.455. The highest BCUT2D eigenvalue weighted by atomic mass is 32.1. The number of carboxylic acid groups (broad SMARTS) is 1. The zero-order chi connectivity index (χ0) is 12.5. The third-order valence-corrected chi connectivity index (χ3v) is 3.33. The molecule has 2 heterocycles. The average molecular weight is 255 g/mol. The molecule has 1 aromatic rings. The molecule has 2 rings (SSSR count). The van der Waals surface area contributed by atoms with Crippen LogP contribution in [0.15, 0.2) is 16.8 Å². The second kappa shape index (κ2) is 4.46. The van der Waals surface area contributed by atoms with Crippen molar-refractivity contribution in [3.8, 4) is 0 Å². The van der Waals surface area contributed by atoms with Crippen molar-refractivity contribution in [3.63, 3.8) is 0 Å².